The van der Waals surface area contributed by atoms with Crippen LogP contribution in [0.4, 0.5) is 0 Å². The molecule has 0 saturated heterocycles. The third-order valence-corrected chi connectivity index (χ3v) is 4.87. The molecule has 3 aromatic carbocycles. The summed E-state index contributed by atoms with van der Waals surface area (Å²) in [7, 11) is 0. The van der Waals surface area contributed by atoms with Crippen molar-refractivity contribution < 1.29 is 19.1 Å². The molecule has 0 bridgehead atoms. The zero-order valence-electron chi connectivity index (χ0n) is 15.2. The van der Waals surface area contributed by atoms with Gasteiger partial charge in [-0.25, -0.2) is 4.79 Å². The molecule has 0 aliphatic carbocycles. The van der Waals surface area contributed by atoms with E-state index in [9.17, 15) is 9.59 Å². The van der Waals surface area contributed by atoms with E-state index in [-0.39, 0.29) is 17.3 Å². The fourth-order valence-electron chi connectivity index (χ4n) is 3.04. The van der Waals surface area contributed by atoms with Gasteiger partial charge in [0.2, 0.25) is 5.78 Å². The van der Waals surface area contributed by atoms with Gasteiger partial charge in [0, 0.05) is 16.1 Å². The van der Waals surface area contributed by atoms with E-state index in [4.69, 9.17) is 32.7 Å². The van der Waals surface area contributed by atoms with Crippen LogP contribution in [0.2, 0.25) is 10.0 Å². The molecule has 1 aliphatic rings. The lowest BCUT2D eigenvalue weighted by Gasteiger charge is -2.08. The van der Waals surface area contributed by atoms with Crippen LogP contribution in [-0.4, -0.2) is 11.8 Å². The number of ether oxygens (including phenoxy) is 2. The van der Waals surface area contributed by atoms with Crippen LogP contribution < -0.4 is 9.47 Å². The van der Waals surface area contributed by atoms with E-state index < -0.39 is 5.97 Å². The number of hydrogen-bond acceptors (Lipinski definition) is 4. The third kappa shape index (κ3) is 4.04. The Morgan fingerprint density at radius 2 is 1.76 bits per heavy atom. The van der Waals surface area contributed by atoms with E-state index in [0.29, 0.717) is 32.5 Å². The molecule has 144 valence electrons. The van der Waals surface area contributed by atoms with Gasteiger partial charge in [-0.05, 0) is 66.6 Å². The number of aryl methyl sites for hydroxylation is 1. The van der Waals surface area contributed by atoms with Gasteiger partial charge in [0.25, 0.3) is 0 Å². The molecule has 4 nitrogen and oxygen atoms in total. The number of esters is 1. The van der Waals surface area contributed by atoms with E-state index in [1.807, 2.05) is 6.07 Å². The van der Waals surface area contributed by atoms with Gasteiger partial charge in [0.1, 0.15) is 11.5 Å². The Hall–Kier alpha value is -3.08. The second-order valence-corrected chi connectivity index (χ2v) is 7.38. The lowest BCUT2D eigenvalue weighted by molar-refractivity contribution is 0.0734. The number of benzene rings is 3. The lowest BCUT2D eigenvalue weighted by Crippen LogP contribution is -2.08. The molecule has 1 aliphatic heterocycles. The van der Waals surface area contributed by atoms with Gasteiger partial charge in [-0.15, -0.1) is 0 Å². The predicted molar refractivity (Wildman–Crippen MR) is 112 cm³/mol. The summed E-state index contributed by atoms with van der Waals surface area (Å²) in [4.78, 5) is 25.1. The fraction of sp³-hybridized carbons (Fsp3) is 0.0435. The van der Waals surface area contributed by atoms with Gasteiger partial charge >= 0.3 is 5.97 Å². The number of halogens is 2. The highest BCUT2D eigenvalue weighted by molar-refractivity contribution is 6.31. The Labute approximate surface area is 177 Å². The quantitative estimate of drug-likeness (QED) is 0.288. The SMILES string of the molecule is Cc1cc(OC(=O)c2ccc(Cl)cc2)cc2c1C(=O)/C(=C/c1cccc(Cl)c1)O2. The molecule has 0 amide bonds. The van der Waals surface area contributed by atoms with Crippen LogP contribution in [0.1, 0.15) is 31.8 Å². The number of carbonyl (C=O) groups excluding carboxylic acids is 2. The average molecular weight is 425 g/mol. The number of allylic oxidation sites excluding steroid dienone is 1. The van der Waals surface area contributed by atoms with Crippen LogP contribution in [0, 0.1) is 6.92 Å². The number of fused-ring (bicyclic) bond motifs is 1. The standard InChI is InChI=1S/C23H14Cl2O4/c1-13-9-18(28-23(27)15-5-7-16(24)8-6-15)12-19-21(13)22(26)20(29-19)11-14-3-2-4-17(25)10-14/h2-12H,1H3/b20-11-. The van der Waals surface area contributed by atoms with Crippen LogP contribution in [-0.2, 0) is 0 Å². The van der Waals surface area contributed by atoms with Crippen LogP contribution >= 0.6 is 23.2 Å². The number of ketones is 1. The van der Waals surface area contributed by atoms with Crippen molar-refractivity contribution in [2.45, 2.75) is 6.92 Å². The van der Waals surface area contributed by atoms with E-state index in [2.05, 4.69) is 0 Å². The third-order valence-electron chi connectivity index (χ3n) is 4.38. The van der Waals surface area contributed by atoms with E-state index in [1.165, 1.54) is 6.07 Å². The van der Waals surface area contributed by atoms with Crippen molar-refractivity contribution in [3.05, 3.63) is 98.7 Å². The molecular formula is C23H14Cl2O4. The van der Waals surface area contributed by atoms with Gasteiger partial charge in [-0.1, -0.05) is 35.3 Å². The van der Waals surface area contributed by atoms with Crippen molar-refractivity contribution in [1.82, 2.24) is 0 Å². The number of hydrogen-bond donors (Lipinski definition) is 0. The molecule has 0 fully saturated rings. The summed E-state index contributed by atoms with van der Waals surface area (Å²) in [6, 6.07) is 16.7. The van der Waals surface area contributed by atoms with Crippen LogP contribution in [0.25, 0.3) is 6.08 Å². The smallest absolute Gasteiger partial charge is 0.343 e. The molecule has 0 saturated carbocycles. The van der Waals surface area contributed by atoms with Crippen molar-refractivity contribution in [3.63, 3.8) is 0 Å². The molecule has 0 N–H and O–H groups in total. The maximum absolute atomic E-state index is 12.7. The number of rotatable bonds is 3. The van der Waals surface area contributed by atoms with Gasteiger partial charge in [0.05, 0.1) is 11.1 Å². The number of Topliss-reactive ketones (excluding diaryl/α,β-unsaturated/α-hetero) is 1. The summed E-state index contributed by atoms with van der Waals surface area (Å²) in [5, 5.41) is 1.09. The molecule has 3 aromatic rings. The highest BCUT2D eigenvalue weighted by Gasteiger charge is 2.30. The van der Waals surface area contributed by atoms with Crippen molar-refractivity contribution >= 4 is 41.0 Å². The maximum atomic E-state index is 12.7. The minimum absolute atomic E-state index is 0.187. The lowest BCUT2D eigenvalue weighted by atomic mass is 10.0. The first-order chi connectivity index (χ1) is 13.9. The van der Waals surface area contributed by atoms with E-state index in [1.54, 1.807) is 61.5 Å². The second kappa shape index (κ2) is 7.74. The first kappa shape index (κ1) is 19.2. The Balaban J connectivity index is 1.60. The Kier molecular flexibility index (Phi) is 5.14. The largest absolute Gasteiger partial charge is 0.452 e. The highest BCUT2D eigenvalue weighted by atomic mass is 35.5. The monoisotopic (exact) mass is 424 g/mol. The minimum atomic E-state index is -0.528. The van der Waals surface area contributed by atoms with Crippen molar-refractivity contribution in [2.24, 2.45) is 0 Å². The Morgan fingerprint density at radius 1 is 1.00 bits per heavy atom. The van der Waals surface area contributed by atoms with Crippen molar-refractivity contribution in [3.8, 4) is 11.5 Å². The summed E-state index contributed by atoms with van der Waals surface area (Å²) in [6.07, 6.45) is 1.63. The maximum Gasteiger partial charge on any atom is 0.343 e. The summed E-state index contributed by atoms with van der Waals surface area (Å²) in [5.74, 6) is 0.0693. The topological polar surface area (TPSA) is 52.6 Å². The van der Waals surface area contributed by atoms with Gasteiger partial charge in [-0.2, -0.15) is 0 Å². The fourth-order valence-corrected chi connectivity index (χ4v) is 3.36. The molecule has 0 spiro atoms. The van der Waals surface area contributed by atoms with E-state index >= 15 is 0 Å². The summed E-state index contributed by atoms with van der Waals surface area (Å²) in [6.45, 7) is 1.77. The zero-order chi connectivity index (χ0) is 20.5. The zero-order valence-corrected chi connectivity index (χ0v) is 16.8. The first-order valence-corrected chi connectivity index (χ1v) is 9.48. The molecular weight excluding hydrogens is 411 g/mol. The average Bonchev–Trinajstić information content (AvgIpc) is 2.98. The van der Waals surface area contributed by atoms with Crippen LogP contribution in [0.5, 0.6) is 11.5 Å². The van der Waals surface area contributed by atoms with Gasteiger partial charge < -0.3 is 9.47 Å². The number of carbonyl (C=O) groups is 2. The molecule has 0 radical (unpaired) electrons. The first-order valence-electron chi connectivity index (χ1n) is 8.73. The molecule has 4 rings (SSSR count). The van der Waals surface area contributed by atoms with E-state index in [0.717, 1.165) is 5.56 Å². The summed E-state index contributed by atoms with van der Waals surface area (Å²) < 4.78 is 11.2. The highest BCUT2D eigenvalue weighted by Crippen LogP contribution is 2.37. The van der Waals surface area contributed by atoms with Gasteiger partial charge in [0.15, 0.2) is 5.76 Å². The molecule has 0 aromatic heterocycles. The molecule has 29 heavy (non-hydrogen) atoms. The predicted octanol–water partition coefficient (Wildman–Crippen LogP) is 6.14. The van der Waals surface area contributed by atoms with Crippen LogP contribution in [0.15, 0.2) is 66.4 Å². The summed E-state index contributed by atoms with van der Waals surface area (Å²) >= 11 is 11.8. The molecule has 0 unspecified atom stereocenters. The van der Waals surface area contributed by atoms with Crippen LogP contribution in [0.3, 0.4) is 0 Å². The Morgan fingerprint density at radius 3 is 2.48 bits per heavy atom. The summed E-state index contributed by atoms with van der Waals surface area (Å²) in [5.41, 5.74) is 2.22. The molecule has 0 atom stereocenters. The molecule has 6 heteroatoms. The van der Waals surface area contributed by atoms with Crippen molar-refractivity contribution in [2.75, 3.05) is 0 Å². The normalized spacial score (nSPS) is 13.9. The second-order valence-electron chi connectivity index (χ2n) is 6.50. The minimum Gasteiger partial charge on any atom is -0.452 e. The van der Waals surface area contributed by atoms with Crippen molar-refractivity contribution in [1.29, 1.82) is 0 Å². The molecule has 1 heterocycles. The van der Waals surface area contributed by atoms with Gasteiger partial charge in [-0.3, -0.25) is 4.79 Å². The Bertz CT molecular complexity index is 1160.